The van der Waals surface area contributed by atoms with E-state index in [1.165, 1.54) is 6.07 Å². The Morgan fingerprint density at radius 2 is 2.11 bits per heavy atom. The van der Waals surface area contributed by atoms with Gasteiger partial charge in [0, 0.05) is 13.1 Å². The molecule has 5 heteroatoms. The number of esters is 1. The molecular formula is C14H19ClFNO2. The summed E-state index contributed by atoms with van der Waals surface area (Å²) in [6.07, 6.45) is 0.298. The summed E-state index contributed by atoms with van der Waals surface area (Å²) in [7, 11) is 0. The first-order valence-electron chi connectivity index (χ1n) is 6.14. The predicted molar refractivity (Wildman–Crippen MR) is 73.6 cm³/mol. The fourth-order valence-electron chi connectivity index (χ4n) is 1.47. The van der Waals surface area contributed by atoms with E-state index in [1.807, 2.05) is 20.8 Å². The molecule has 0 saturated heterocycles. The van der Waals surface area contributed by atoms with Crippen LogP contribution >= 0.6 is 11.6 Å². The van der Waals surface area contributed by atoms with Crippen molar-refractivity contribution in [2.75, 3.05) is 6.54 Å². The Balaban J connectivity index is 2.27. The maximum Gasteiger partial charge on any atom is 0.307 e. The number of nitrogens with one attached hydrogen (secondary N) is 1. The molecule has 1 N–H and O–H groups in total. The van der Waals surface area contributed by atoms with Crippen LogP contribution in [0.15, 0.2) is 18.2 Å². The lowest BCUT2D eigenvalue weighted by Crippen LogP contribution is -2.26. The summed E-state index contributed by atoms with van der Waals surface area (Å²) in [4.78, 5) is 11.4. The number of hydrogen-bond donors (Lipinski definition) is 1. The van der Waals surface area contributed by atoms with Crippen molar-refractivity contribution in [2.45, 2.75) is 39.3 Å². The Hall–Kier alpha value is -1.13. The lowest BCUT2D eigenvalue weighted by Gasteiger charge is -2.19. The molecule has 0 bridgehead atoms. The summed E-state index contributed by atoms with van der Waals surface area (Å²) in [6, 6.07) is 4.55. The van der Waals surface area contributed by atoms with Crippen LogP contribution in [0, 0.1) is 5.82 Å². The maximum absolute atomic E-state index is 12.9. The molecule has 0 radical (unpaired) electrons. The number of carbonyl (C=O) groups is 1. The molecule has 0 fully saturated rings. The third-order valence-electron chi connectivity index (χ3n) is 2.24. The first kappa shape index (κ1) is 15.9. The van der Waals surface area contributed by atoms with Gasteiger partial charge < -0.3 is 10.1 Å². The van der Waals surface area contributed by atoms with Crippen LogP contribution in [-0.4, -0.2) is 18.1 Å². The van der Waals surface area contributed by atoms with E-state index in [0.29, 0.717) is 19.5 Å². The molecule has 0 aliphatic carbocycles. The highest BCUT2D eigenvalue weighted by molar-refractivity contribution is 6.30. The molecular weight excluding hydrogens is 269 g/mol. The van der Waals surface area contributed by atoms with Gasteiger partial charge in [-0.1, -0.05) is 17.7 Å². The Morgan fingerprint density at radius 3 is 2.68 bits per heavy atom. The van der Waals surface area contributed by atoms with E-state index >= 15 is 0 Å². The van der Waals surface area contributed by atoms with Crippen LogP contribution < -0.4 is 5.32 Å². The lowest BCUT2D eigenvalue weighted by atomic mass is 10.2. The molecule has 1 rings (SSSR count). The lowest BCUT2D eigenvalue weighted by molar-refractivity contribution is -0.154. The second kappa shape index (κ2) is 6.87. The standard InChI is InChI=1S/C14H19ClFNO2/c1-14(2,3)19-13(18)6-7-17-9-10-4-5-12(16)11(15)8-10/h4-5,8,17H,6-7,9H2,1-3H3. The minimum Gasteiger partial charge on any atom is -0.460 e. The van der Waals surface area contributed by atoms with Crippen LogP contribution in [0.2, 0.25) is 5.02 Å². The van der Waals surface area contributed by atoms with Gasteiger partial charge in [0.1, 0.15) is 11.4 Å². The monoisotopic (exact) mass is 287 g/mol. The van der Waals surface area contributed by atoms with Gasteiger partial charge in [0.05, 0.1) is 11.4 Å². The molecule has 0 aliphatic rings. The van der Waals surface area contributed by atoms with Crippen molar-refractivity contribution in [1.29, 1.82) is 0 Å². The number of rotatable bonds is 5. The van der Waals surface area contributed by atoms with E-state index in [-0.39, 0.29) is 11.0 Å². The summed E-state index contributed by atoms with van der Waals surface area (Å²) in [5.74, 6) is -0.670. The van der Waals surface area contributed by atoms with E-state index in [2.05, 4.69) is 5.32 Å². The molecule has 0 aromatic heterocycles. The van der Waals surface area contributed by atoms with Crippen LogP contribution in [0.4, 0.5) is 4.39 Å². The van der Waals surface area contributed by atoms with Crippen molar-refractivity contribution < 1.29 is 13.9 Å². The summed E-state index contributed by atoms with van der Waals surface area (Å²) < 4.78 is 18.1. The molecule has 0 amide bonds. The van der Waals surface area contributed by atoms with Crippen molar-refractivity contribution in [2.24, 2.45) is 0 Å². The normalized spacial score (nSPS) is 11.4. The van der Waals surface area contributed by atoms with Gasteiger partial charge >= 0.3 is 5.97 Å². The Bertz CT molecular complexity index is 444. The number of carbonyl (C=O) groups excluding carboxylic acids is 1. The van der Waals surface area contributed by atoms with Gasteiger partial charge in [-0.15, -0.1) is 0 Å². The van der Waals surface area contributed by atoms with Crippen LogP contribution in [0.5, 0.6) is 0 Å². The van der Waals surface area contributed by atoms with Crippen LogP contribution in [0.25, 0.3) is 0 Å². The zero-order valence-corrected chi connectivity index (χ0v) is 12.2. The molecule has 0 atom stereocenters. The third-order valence-corrected chi connectivity index (χ3v) is 2.53. The molecule has 19 heavy (non-hydrogen) atoms. The highest BCUT2D eigenvalue weighted by Crippen LogP contribution is 2.15. The van der Waals surface area contributed by atoms with E-state index in [0.717, 1.165) is 5.56 Å². The zero-order valence-electron chi connectivity index (χ0n) is 11.4. The molecule has 1 aromatic rings. The molecule has 0 unspecified atom stereocenters. The van der Waals surface area contributed by atoms with Gasteiger partial charge in [-0.3, -0.25) is 4.79 Å². The van der Waals surface area contributed by atoms with Gasteiger partial charge in [-0.05, 0) is 38.5 Å². The largest absolute Gasteiger partial charge is 0.460 e. The predicted octanol–water partition coefficient (Wildman–Crippen LogP) is 3.30. The van der Waals surface area contributed by atoms with Gasteiger partial charge in [-0.2, -0.15) is 0 Å². The smallest absolute Gasteiger partial charge is 0.307 e. The van der Waals surface area contributed by atoms with E-state index < -0.39 is 11.4 Å². The van der Waals surface area contributed by atoms with E-state index in [1.54, 1.807) is 12.1 Å². The zero-order chi connectivity index (χ0) is 14.5. The summed E-state index contributed by atoms with van der Waals surface area (Å²) in [6.45, 7) is 6.53. The van der Waals surface area contributed by atoms with Crippen LogP contribution in [0.1, 0.15) is 32.8 Å². The van der Waals surface area contributed by atoms with Gasteiger partial charge in [0.2, 0.25) is 0 Å². The summed E-state index contributed by atoms with van der Waals surface area (Å²) in [5, 5.41) is 3.19. The van der Waals surface area contributed by atoms with Crippen molar-refractivity contribution in [3.63, 3.8) is 0 Å². The molecule has 0 heterocycles. The number of halogens is 2. The summed E-state index contributed by atoms with van der Waals surface area (Å²) in [5.41, 5.74) is 0.414. The minimum atomic E-state index is -0.457. The van der Waals surface area contributed by atoms with Crippen molar-refractivity contribution >= 4 is 17.6 Å². The second-order valence-electron chi connectivity index (χ2n) is 5.26. The SMILES string of the molecule is CC(C)(C)OC(=O)CCNCc1ccc(F)c(Cl)c1. The fraction of sp³-hybridized carbons (Fsp3) is 0.500. The van der Waals surface area contributed by atoms with E-state index in [9.17, 15) is 9.18 Å². The van der Waals surface area contributed by atoms with Gasteiger partial charge in [0.25, 0.3) is 0 Å². The minimum absolute atomic E-state index is 0.103. The highest BCUT2D eigenvalue weighted by Gasteiger charge is 2.15. The van der Waals surface area contributed by atoms with Crippen molar-refractivity contribution in [3.8, 4) is 0 Å². The van der Waals surface area contributed by atoms with E-state index in [4.69, 9.17) is 16.3 Å². The molecule has 3 nitrogen and oxygen atoms in total. The molecule has 0 aliphatic heterocycles. The Kier molecular flexibility index (Phi) is 5.76. The number of benzene rings is 1. The average Bonchev–Trinajstić information content (AvgIpc) is 2.27. The summed E-state index contributed by atoms with van der Waals surface area (Å²) >= 11 is 5.67. The second-order valence-corrected chi connectivity index (χ2v) is 5.67. The maximum atomic E-state index is 12.9. The van der Waals surface area contributed by atoms with Gasteiger partial charge in [0.15, 0.2) is 0 Å². The number of ether oxygens (including phenoxy) is 1. The molecule has 0 saturated carbocycles. The van der Waals surface area contributed by atoms with Gasteiger partial charge in [-0.25, -0.2) is 4.39 Å². The highest BCUT2D eigenvalue weighted by atomic mass is 35.5. The molecule has 106 valence electrons. The van der Waals surface area contributed by atoms with Crippen molar-refractivity contribution in [3.05, 3.63) is 34.6 Å². The first-order valence-corrected chi connectivity index (χ1v) is 6.52. The fourth-order valence-corrected chi connectivity index (χ4v) is 1.67. The van der Waals surface area contributed by atoms with Crippen LogP contribution in [0.3, 0.4) is 0 Å². The Morgan fingerprint density at radius 1 is 1.42 bits per heavy atom. The molecule has 1 aromatic carbocycles. The topological polar surface area (TPSA) is 38.3 Å². The first-order chi connectivity index (χ1) is 8.78. The third kappa shape index (κ3) is 6.55. The average molecular weight is 288 g/mol. The quantitative estimate of drug-likeness (QED) is 0.667. The van der Waals surface area contributed by atoms with Crippen molar-refractivity contribution in [1.82, 2.24) is 5.32 Å². The van der Waals surface area contributed by atoms with Crippen LogP contribution in [-0.2, 0) is 16.1 Å². The Labute approximate surface area is 118 Å². The number of hydrogen-bond acceptors (Lipinski definition) is 3. The molecule has 0 spiro atoms.